The molecule has 2 rings (SSSR count). The summed E-state index contributed by atoms with van der Waals surface area (Å²) in [5.74, 6) is 0. The van der Waals surface area contributed by atoms with Gasteiger partial charge < -0.3 is 5.32 Å². The van der Waals surface area contributed by atoms with E-state index in [1.807, 2.05) is 18.2 Å². The van der Waals surface area contributed by atoms with Gasteiger partial charge in [0.1, 0.15) is 0 Å². The van der Waals surface area contributed by atoms with Gasteiger partial charge in [0.15, 0.2) is 0 Å². The number of benzene rings is 2. The Morgan fingerprint density at radius 1 is 0.944 bits per heavy atom. The minimum Gasteiger partial charge on any atom is -0.380 e. The summed E-state index contributed by atoms with van der Waals surface area (Å²) < 4.78 is 0.998. The fraction of sp³-hybridized carbons (Fsp3) is 0.0769. The van der Waals surface area contributed by atoms with Crippen molar-refractivity contribution >= 4 is 56.4 Å². The average Bonchev–Trinajstić information content (AvgIpc) is 2.34. The fourth-order valence-corrected chi connectivity index (χ4v) is 2.44. The zero-order chi connectivity index (χ0) is 13.1. The van der Waals surface area contributed by atoms with E-state index in [1.165, 1.54) is 0 Å². The molecular weight excluding hydrogens is 356 g/mol. The molecule has 0 atom stereocenters. The third kappa shape index (κ3) is 3.55. The number of anilines is 1. The van der Waals surface area contributed by atoms with Crippen molar-refractivity contribution in [1.29, 1.82) is 0 Å². The molecule has 0 radical (unpaired) electrons. The zero-order valence-electron chi connectivity index (χ0n) is 9.18. The first-order valence-corrected chi connectivity index (χ1v) is 7.12. The Morgan fingerprint density at radius 2 is 1.61 bits per heavy atom. The Labute approximate surface area is 129 Å². The molecule has 0 saturated carbocycles. The van der Waals surface area contributed by atoms with E-state index in [9.17, 15) is 0 Å². The number of rotatable bonds is 3. The van der Waals surface area contributed by atoms with Crippen molar-refractivity contribution in [3.05, 3.63) is 61.5 Å². The van der Waals surface area contributed by atoms with Crippen molar-refractivity contribution in [2.45, 2.75) is 6.54 Å². The molecule has 0 aliphatic heterocycles. The Kier molecular flexibility index (Phi) is 4.79. The van der Waals surface area contributed by atoms with E-state index >= 15 is 0 Å². The van der Waals surface area contributed by atoms with Crippen molar-refractivity contribution in [3.63, 3.8) is 0 Å². The van der Waals surface area contributed by atoms with Crippen molar-refractivity contribution in [2.24, 2.45) is 0 Å². The second-order valence-electron chi connectivity index (χ2n) is 3.71. The minimum atomic E-state index is 0.612. The van der Waals surface area contributed by atoms with Gasteiger partial charge in [-0.05, 0) is 42.0 Å². The van der Waals surface area contributed by atoms with Gasteiger partial charge in [-0.15, -0.1) is 0 Å². The van der Waals surface area contributed by atoms with Gasteiger partial charge in [-0.1, -0.05) is 50.7 Å². The molecule has 0 spiro atoms. The van der Waals surface area contributed by atoms with Crippen LogP contribution in [0.25, 0.3) is 0 Å². The predicted molar refractivity (Wildman–Crippen MR) is 82.9 cm³/mol. The topological polar surface area (TPSA) is 12.0 Å². The van der Waals surface area contributed by atoms with Gasteiger partial charge in [0, 0.05) is 21.1 Å². The van der Waals surface area contributed by atoms with Gasteiger partial charge in [-0.25, -0.2) is 0 Å². The molecule has 1 nitrogen and oxygen atoms in total. The summed E-state index contributed by atoms with van der Waals surface area (Å²) in [5, 5.41) is 5.22. The lowest BCUT2D eigenvalue weighted by atomic mass is 10.2. The minimum absolute atomic E-state index is 0.612. The first kappa shape index (κ1) is 14.0. The third-order valence-electron chi connectivity index (χ3n) is 2.41. The monoisotopic (exact) mass is 363 g/mol. The van der Waals surface area contributed by atoms with E-state index in [1.54, 1.807) is 18.2 Å². The SMILES string of the molecule is Clc1ccc(Br)c(CNc2cc(Cl)ccc2Cl)c1. The fourth-order valence-electron chi connectivity index (χ4n) is 1.50. The molecule has 0 aromatic heterocycles. The van der Waals surface area contributed by atoms with Gasteiger partial charge in [0.05, 0.1) is 10.7 Å². The molecule has 94 valence electrons. The lowest BCUT2D eigenvalue weighted by Gasteiger charge is -2.10. The van der Waals surface area contributed by atoms with Crippen LogP contribution in [0.3, 0.4) is 0 Å². The maximum atomic E-state index is 6.07. The number of hydrogen-bond donors (Lipinski definition) is 1. The molecule has 2 aromatic carbocycles. The number of hydrogen-bond acceptors (Lipinski definition) is 1. The van der Waals surface area contributed by atoms with Crippen LogP contribution < -0.4 is 5.32 Å². The maximum absolute atomic E-state index is 6.07. The normalized spacial score (nSPS) is 10.4. The van der Waals surface area contributed by atoms with Gasteiger partial charge in [0.25, 0.3) is 0 Å². The Bertz CT molecular complexity index is 521. The average molecular weight is 365 g/mol. The molecule has 0 fully saturated rings. The highest BCUT2D eigenvalue weighted by Crippen LogP contribution is 2.27. The first-order chi connectivity index (χ1) is 8.56. The maximum Gasteiger partial charge on any atom is 0.0638 e. The standard InChI is InChI=1S/C13H9BrCl3N/c14-11-3-1-9(15)5-8(11)7-18-13-6-10(16)2-4-12(13)17/h1-6,18H,7H2. The zero-order valence-corrected chi connectivity index (χ0v) is 13.0. The molecular formula is C13H9BrCl3N. The molecule has 1 N–H and O–H groups in total. The Hall–Kier alpha value is -0.410. The highest BCUT2D eigenvalue weighted by Gasteiger charge is 2.04. The predicted octanol–water partition coefficient (Wildman–Crippen LogP) is 6.02. The van der Waals surface area contributed by atoms with Crippen LogP contribution in [-0.2, 0) is 6.54 Å². The summed E-state index contributed by atoms with van der Waals surface area (Å²) in [4.78, 5) is 0. The van der Waals surface area contributed by atoms with Crippen LogP contribution in [0.5, 0.6) is 0 Å². The van der Waals surface area contributed by atoms with Gasteiger partial charge in [-0.2, -0.15) is 0 Å². The highest BCUT2D eigenvalue weighted by molar-refractivity contribution is 9.10. The molecule has 2 aromatic rings. The quantitative estimate of drug-likeness (QED) is 0.701. The second-order valence-corrected chi connectivity index (χ2v) is 5.85. The largest absolute Gasteiger partial charge is 0.380 e. The van der Waals surface area contributed by atoms with Crippen LogP contribution in [0.4, 0.5) is 5.69 Å². The van der Waals surface area contributed by atoms with Crippen LogP contribution in [0, 0.1) is 0 Å². The molecule has 0 amide bonds. The lowest BCUT2D eigenvalue weighted by molar-refractivity contribution is 1.14. The molecule has 0 bridgehead atoms. The smallest absolute Gasteiger partial charge is 0.0638 e. The van der Waals surface area contributed by atoms with Crippen LogP contribution >= 0.6 is 50.7 Å². The molecule has 5 heteroatoms. The molecule has 0 aliphatic carbocycles. The van der Waals surface area contributed by atoms with E-state index in [-0.39, 0.29) is 0 Å². The van der Waals surface area contributed by atoms with E-state index in [0.717, 1.165) is 15.7 Å². The summed E-state index contributed by atoms with van der Waals surface area (Å²) in [6.07, 6.45) is 0. The summed E-state index contributed by atoms with van der Waals surface area (Å²) in [6, 6.07) is 11.0. The van der Waals surface area contributed by atoms with Gasteiger partial charge >= 0.3 is 0 Å². The Morgan fingerprint density at radius 3 is 2.39 bits per heavy atom. The van der Waals surface area contributed by atoms with Crippen LogP contribution in [0.15, 0.2) is 40.9 Å². The van der Waals surface area contributed by atoms with Crippen LogP contribution in [-0.4, -0.2) is 0 Å². The summed E-state index contributed by atoms with van der Waals surface area (Å²) in [6.45, 7) is 0.612. The molecule has 0 heterocycles. The molecule has 18 heavy (non-hydrogen) atoms. The summed E-state index contributed by atoms with van der Waals surface area (Å²) >= 11 is 21.4. The molecule has 0 unspecified atom stereocenters. The summed E-state index contributed by atoms with van der Waals surface area (Å²) in [7, 11) is 0. The lowest BCUT2D eigenvalue weighted by Crippen LogP contribution is -2.00. The van der Waals surface area contributed by atoms with Gasteiger partial charge in [0.2, 0.25) is 0 Å². The number of nitrogens with one attached hydrogen (secondary N) is 1. The van der Waals surface area contributed by atoms with Crippen molar-refractivity contribution in [1.82, 2.24) is 0 Å². The third-order valence-corrected chi connectivity index (χ3v) is 3.98. The summed E-state index contributed by atoms with van der Waals surface area (Å²) in [5.41, 5.74) is 1.86. The van der Waals surface area contributed by atoms with Crippen LogP contribution in [0.2, 0.25) is 15.1 Å². The van der Waals surface area contributed by atoms with E-state index in [2.05, 4.69) is 21.2 Å². The second kappa shape index (κ2) is 6.16. The van der Waals surface area contributed by atoms with Gasteiger partial charge in [-0.3, -0.25) is 0 Å². The molecule has 0 aliphatic rings. The highest BCUT2D eigenvalue weighted by atomic mass is 79.9. The van der Waals surface area contributed by atoms with E-state index in [0.29, 0.717) is 21.6 Å². The number of halogens is 4. The van der Waals surface area contributed by atoms with Crippen LogP contribution in [0.1, 0.15) is 5.56 Å². The Balaban J connectivity index is 2.16. The molecule has 0 saturated heterocycles. The van der Waals surface area contributed by atoms with Crippen molar-refractivity contribution < 1.29 is 0 Å². The van der Waals surface area contributed by atoms with Crippen molar-refractivity contribution in [3.8, 4) is 0 Å². The first-order valence-electron chi connectivity index (χ1n) is 5.19. The van der Waals surface area contributed by atoms with E-state index in [4.69, 9.17) is 34.8 Å². The van der Waals surface area contributed by atoms with Crippen molar-refractivity contribution in [2.75, 3.05) is 5.32 Å². The van der Waals surface area contributed by atoms with E-state index < -0.39 is 0 Å².